The molecule has 1 rings (SSSR count). The van der Waals surface area contributed by atoms with Crippen LogP contribution < -0.4 is 10.1 Å². The zero-order chi connectivity index (χ0) is 10.6. The summed E-state index contributed by atoms with van der Waals surface area (Å²) >= 11 is 0. The average Bonchev–Trinajstić information content (AvgIpc) is 2.06. The molecule has 1 aromatic carbocycles. The number of anilines is 1. The van der Waals surface area contributed by atoms with Crippen LogP contribution in [0.3, 0.4) is 0 Å². The molecular weight excluding hydrogens is 178 g/mol. The third-order valence-corrected chi connectivity index (χ3v) is 1.58. The number of nitrogens with one attached hydrogen (secondary N) is 1. The van der Waals surface area contributed by atoms with Crippen molar-refractivity contribution in [1.82, 2.24) is 0 Å². The third kappa shape index (κ3) is 3.09. The predicted octanol–water partition coefficient (Wildman–Crippen LogP) is 2.43. The number of carbonyl (C=O) groups is 1. The van der Waals surface area contributed by atoms with Crippen LogP contribution in [-0.2, 0) is 4.79 Å². The number of esters is 1. The van der Waals surface area contributed by atoms with Crippen molar-refractivity contribution in [2.45, 2.75) is 26.8 Å². The van der Waals surface area contributed by atoms with Crippen molar-refractivity contribution in [3.8, 4) is 5.75 Å². The van der Waals surface area contributed by atoms with Gasteiger partial charge in [-0.3, -0.25) is 4.79 Å². The molecule has 1 aromatic rings. The first kappa shape index (κ1) is 10.6. The summed E-state index contributed by atoms with van der Waals surface area (Å²) in [5, 5.41) is 3.20. The third-order valence-electron chi connectivity index (χ3n) is 1.58. The van der Waals surface area contributed by atoms with Gasteiger partial charge in [0.05, 0.1) is 5.69 Å². The van der Waals surface area contributed by atoms with Crippen LogP contribution in [0.25, 0.3) is 0 Å². The van der Waals surface area contributed by atoms with Crippen molar-refractivity contribution in [3.63, 3.8) is 0 Å². The second-order valence-electron chi connectivity index (χ2n) is 3.39. The summed E-state index contributed by atoms with van der Waals surface area (Å²) in [7, 11) is 0. The molecule has 0 aromatic heterocycles. The number of benzene rings is 1. The average molecular weight is 193 g/mol. The van der Waals surface area contributed by atoms with E-state index in [1.54, 1.807) is 6.07 Å². The number of hydrogen-bond donors (Lipinski definition) is 1. The topological polar surface area (TPSA) is 38.3 Å². The van der Waals surface area contributed by atoms with E-state index in [1.807, 2.05) is 32.0 Å². The molecule has 0 aliphatic heterocycles. The van der Waals surface area contributed by atoms with Gasteiger partial charge in [0.15, 0.2) is 5.75 Å². The minimum absolute atomic E-state index is 0.303. The zero-order valence-corrected chi connectivity index (χ0v) is 8.70. The van der Waals surface area contributed by atoms with Gasteiger partial charge in [0, 0.05) is 13.0 Å². The van der Waals surface area contributed by atoms with E-state index >= 15 is 0 Å². The Hall–Kier alpha value is -1.51. The molecule has 3 nitrogen and oxygen atoms in total. The first-order valence-electron chi connectivity index (χ1n) is 4.63. The highest BCUT2D eigenvalue weighted by molar-refractivity contribution is 5.72. The largest absolute Gasteiger partial charge is 0.425 e. The Labute approximate surface area is 84.1 Å². The summed E-state index contributed by atoms with van der Waals surface area (Å²) < 4.78 is 5.04. The molecular formula is C11H15NO2. The Bertz CT molecular complexity index is 321. The fourth-order valence-corrected chi connectivity index (χ4v) is 1.14. The lowest BCUT2D eigenvalue weighted by Gasteiger charge is -2.13. The monoisotopic (exact) mass is 193 g/mol. The Morgan fingerprint density at radius 2 is 2.00 bits per heavy atom. The van der Waals surface area contributed by atoms with Crippen molar-refractivity contribution in [1.29, 1.82) is 0 Å². The highest BCUT2D eigenvalue weighted by Gasteiger charge is 2.05. The van der Waals surface area contributed by atoms with Crippen LogP contribution in [0, 0.1) is 0 Å². The minimum Gasteiger partial charge on any atom is -0.425 e. The molecule has 0 atom stereocenters. The molecule has 0 spiro atoms. The Balaban J connectivity index is 2.85. The summed E-state index contributed by atoms with van der Waals surface area (Å²) in [4.78, 5) is 10.8. The van der Waals surface area contributed by atoms with E-state index in [2.05, 4.69) is 5.32 Å². The van der Waals surface area contributed by atoms with Gasteiger partial charge < -0.3 is 10.1 Å². The first-order chi connectivity index (χ1) is 6.59. The molecule has 1 N–H and O–H groups in total. The molecule has 0 unspecified atom stereocenters. The maximum Gasteiger partial charge on any atom is 0.308 e. The van der Waals surface area contributed by atoms with Crippen molar-refractivity contribution >= 4 is 11.7 Å². The summed E-state index contributed by atoms with van der Waals surface area (Å²) in [6, 6.07) is 7.71. The number of para-hydroxylation sites is 2. The lowest BCUT2D eigenvalue weighted by Crippen LogP contribution is -2.12. The molecule has 76 valence electrons. The summed E-state index contributed by atoms with van der Waals surface area (Å²) in [5.41, 5.74) is 0.845. The fourth-order valence-electron chi connectivity index (χ4n) is 1.14. The smallest absolute Gasteiger partial charge is 0.308 e. The molecule has 0 amide bonds. The first-order valence-corrected chi connectivity index (χ1v) is 4.63. The van der Waals surface area contributed by atoms with E-state index in [1.165, 1.54) is 6.92 Å². The van der Waals surface area contributed by atoms with Crippen LogP contribution in [0.2, 0.25) is 0 Å². The van der Waals surface area contributed by atoms with Gasteiger partial charge in [-0.05, 0) is 26.0 Å². The number of hydrogen-bond acceptors (Lipinski definition) is 3. The van der Waals surface area contributed by atoms with Crippen molar-refractivity contribution in [3.05, 3.63) is 24.3 Å². The van der Waals surface area contributed by atoms with Crippen molar-refractivity contribution in [2.75, 3.05) is 5.32 Å². The highest BCUT2D eigenvalue weighted by atomic mass is 16.5. The second-order valence-corrected chi connectivity index (χ2v) is 3.39. The molecule has 14 heavy (non-hydrogen) atoms. The van der Waals surface area contributed by atoms with E-state index in [9.17, 15) is 4.79 Å². The van der Waals surface area contributed by atoms with Crippen LogP contribution in [0.1, 0.15) is 20.8 Å². The Kier molecular flexibility index (Phi) is 3.51. The number of carbonyl (C=O) groups excluding carboxylic acids is 1. The summed E-state index contributed by atoms with van der Waals surface area (Å²) in [5.74, 6) is 0.275. The molecule has 3 heteroatoms. The molecule has 0 saturated carbocycles. The molecule has 0 bridgehead atoms. The van der Waals surface area contributed by atoms with Gasteiger partial charge in [-0.2, -0.15) is 0 Å². The van der Waals surface area contributed by atoms with Crippen LogP contribution in [0.15, 0.2) is 24.3 Å². The van der Waals surface area contributed by atoms with E-state index in [4.69, 9.17) is 4.74 Å². The molecule has 0 saturated heterocycles. The van der Waals surface area contributed by atoms with Crippen molar-refractivity contribution < 1.29 is 9.53 Å². The van der Waals surface area contributed by atoms with Gasteiger partial charge in [-0.1, -0.05) is 12.1 Å². The number of ether oxygens (including phenoxy) is 1. The lowest BCUT2D eigenvalue weighted by molar-refractivity contribution is -0.131. The summed E-state index contributed by atoms with van der Waals surface area (Å²) in [6.45, 7) is 5.46. The SMILES string of the molecule is CC(=O)Oc1ccccc1NC(C)C. The molecule has 0 radical (unpaired) electrons. The minimum atomic E-state index is -0.303. The number of rotatable bonds is 3. The van der Waals surface area contributed by atoms with Crippen LogP contribution in [0.4, 0.5) is 5.69 Å². The van der Waals surface area contributed by atoms with Crippen LogP contribution in [0.5, 0.6) is 5.75 Å². The van der Waals surface area contributed by atoms with Crippen LogP contribution in [-0.4, -0.2) is 12.0 Å². The standard InChI is InChI=1S/C11H15NO2/c1-8(2)12-10-6-4-5-7-11(10)14-9(3)13/h4-8,12H,1-3H3. The van der Waals surface area contributed by atoms with Gasteiger partial charge in [-0.15, -0.1) is 0 Å². The van der Waals surface area contributed by atoms with Gasteiger partial charge in [0.1, 0.15) is 0 Å². The van der Waals surface area contributed by atoms with Crippen LogP contribution >= 0.6 is 0 Å². The predicted molar refractivity (Wildman–Crippen MR) is 56.5 cm³/mol. The quantitative estimate of drug-likeness (QED) is 0.592. The van der Waals surface area contributed by atoms with Gasteiger partial charge in [0.25, 0.3) is 0 Å². The van der Waals surface area contributed by atoms with Gasteiger partial charge in [0.2, 0.25) is 0 Å². The fraction of sp³-hybridized carbons (Fsp3) is 0.364. The zero-order valence-electron chi connectivity index (χ0n) is 8.70. The highest BCUT2D eigenvalue weighted by Crippen LogP contribution is 2.24. The van der Waals surface area contributed by atoms with Crippen molar-refractivity contribution in [2.24, 2.45) is 0 Å². The molecule has 0 aliphatic rings. The maximum atomic E-state index is 10.8. The Morgan fingerprint density at radius 3 is 2.57 bits per heavy atom. The van der Waals surface area contributed by atoms with Gasteiger partial charge >= 0.3 is 5.97 Å². The molecule has 0 fully saturated rings. The van der Waals surface area contributed by atoms with E-state index < -0.39 is 0 Å². The maximum absolute atomic E-state index is 10.8. The Morgan fingerprint density at radius 1 is 1.36 bits per heavy atom. The normalized spacial score (nSPS) is 10.0. The second kappa shape index (κ2) is 4.65. The van der Waals surface area contributed by atoms with Gasteiger partial charge in [-0.25, -0.2) is 0 Å². The van der Waals surface area contributed by atoms with E-state index in [0.29, 0.717) is 11.8 Å². The molecule has 0 aliphatic carbocycles. The van der Waals surface area contributed by atoms with E-state index in [0.717, 1.165) is 5.69 Å². The lowest BCUT2D eigenvalue weighted by atomic mass is 10.2. The van der Waals surface area contributed by atoms with E-state index in [-0.39, 0.29) is 5.97 Å². The summed E-state index contributed by atoms with van der Waals surface area (Å²) in [6.07, 6.45) is 0. The molecule has 0 heterocycles.